The first-order valence-corrected chi connectivity index (χ1v) is 7.68. The molecule has 0 radical (unpaired) electrons. The highest BCUT2D eigenvalue weighted by Crippen LogP contribution is 2.36. The molecule has 1 atom stereocenters. The Hall–Kier alpha value is -0.975. The third-order valence-corrected chi connectivity index (χ3v) is 4.68. The molecule has 2 fully saturated rings. The minimum Gasteiger partial charge on any atom is -0.398 e. The molecule has 6 heteroatoms. The molecule has 1 unspecified atom stereocenters. The molecular formula is C15H23BN2O3. The van der Waals surface area contributed by atoms with Crippen LogP contribution in [-0.4, -0.2) is 34.9 Å². The maximum absolute atomic E-state index is 6.03. The van der Waals surface area contributed by atoms with E-state index in [0.717, 1.165) is 30.7 Å². The van der Waals surface area contributed by atoms with Crippen LogP contribution in [0.2, 0.25) is 0 Å². The number of hydrogen-bond acceptors (Lipinski definition) is 5. The lowest BCUT2D eigenvalue weighted by Crippen LogP contribution is -2.41. The molecule has 2 saturated heterocycles. The Labute approximate surface area is 126 Å². The number of hydrogen-bond donors (Lipinski definition) is 0. The van der Waals surface area contributed by atoms with Gasteiger partial charge in [0.25, 0.3) is 0 Å². The smallest absolute Gasteiger partial charge is 0.398 e. The van der Waals surface area contributed by atoms with Crippen molar-refractivity contribution in [1.82, 2.24) is 9.97 Å². The maximum atomic E-state index is 6.03. The second kappa shape index (κ2) is 5.34. The van der Waals surface area contributed by atoms with Gasteiger partial charge in [-0.05, 0) is 47.0 Å². The lowest BCUT2D eigenvalue weighted by molar-refractivity contribution is 0.00578. The van der Waals surface area contributed by atoms with Gasteiger partial charge >= 0.3 is 7.12 Å². The molecule has 0 saturated carbocycles. The second-order valence-electron chi connectivity index (χ2n) is 6.81. The summed E-state index contributed by atoms with van der Waals surface area (Å²) < 4.78 is 17.8. The average Bonchev–Trinajstić information content (AvgIpc) is 2.69. The Morgan fingerprint density at radius 1 is 1.10 bits per heavy atom. The van der Waals surface area contributed by atoms with E-state index in [1.807, 2.05) is 27.7 Å². The normalized spacial score (nSPS) is 27.8. The molecule has 0 spiro atoms. The molecule has 0 aromatic carbocycles. The SMILES string of the molecule is CC1(C)OB(c2cncc(C3CCCCO3)n2)OC1(C)C. The monoisotopic (exact) mass is 290 g/mol. The third kappa shape index (κ3) is 2.85. The van der Waals surface area contributed by atoms with Crippen molar-refractivity contribution in [3.8, 4) is 0 Å². The average molecular weight is 290 g/mol. The van der Waals surface area contributed by atoms with E-state index >= 15 is 0 Å². The fraction of sp³-hybridized carbons (Fsp3) is 0.733. The number of ether oxygens (including phenoxy) is 1. The minimum atomic E-state index is -0.467. The summed E-state index contributed by atoms with van der Waals surface area (Å²) in [4.78, 5) is 8.97. The predicted octanol–water partition coefficient (Wildman–Crippen LogP) is 2.02. The summed E-state index contributed by atoms with van der Waals surface area (Å²) in [5, 5.41) is 0. The van der Waals surface area contributed by atoms with Gasteiger partial charge in [-0.3, -0.25) is 9.97 Å². The molecule has 2 aliphatic heterocycles. The van der Waals surface area contributed by atoms with Gasteiger partial charge in [-0.1, -0.05) is 0 Å². The van der Waals surface area contributed by atoms with Crippen LogP contribution >= 0.6 is 0 Å². The van der Waals surface area contributed by atoms with Crippen molar-refractivity contribution in [2.75, 3.05) is 6.61 Å². The third-order valence-electron chi connectivity index (χ3n) is 4.68. The van der Waals surface area contributed by atoms with Gasteiger partial charge in [0.15, 0.2) is 0 Å². The lowest BCUT2D eigenvalue weighted by atomic mass is 9.85. The van der Waals surface area contributed by atoms with Crippen LogP contribution in [0.1, 0.15) is 58.8 Å². The summed E-state index contributed by atoms with van der Waals surface area (Å²) in [6, 6.07) is 0. The zero-order chi connectivity index (χ0) is 15.1. The van der Waals surface area contributed by atoms with E-state index in [1.54, 1.807) is 12.4 Å². The highest BCUT2D eigenvalue weighted by Gasteiger charge is 2.52. The van der Waals surface area contributed by atoms with Gasteiger partial charge in [-0.2, -0.15) is 0 Å². The molecule has 3 rings (SSSR count). The quantitative estimate of drug-likeness (QED) is 0.780. The molecule has 0 bridgehead atoms. The summed E-state index contributed by atoms with van der Waals surface area (Å²) in [7, 11) is -0.467. The van der Waals surface area contributed by atoms with Crippen LogP contribution in [0.4, 0.5) is 0 Å². The Morgan fingerprint density at radius 3 is 2.43 bits per heavy atom. The van der Waals surface area contributed by atoms with Crippen molar-refractivity contribution in [2.24, 2.45) is 0 Å². The maximum Gasteiger partial charge on any atom is 0.516 e. The van der Waals surface area contributed by atoms with Gasteiger partial charge in [-0.25, -0.2) is 0 Å². The summed E-state index contributed by atoms with van der Waals surface area (Å²) in [6.45, 7) is 8.94. The van der Waals surface area contributed by atoms with E-state index in [2.05, 4.69) is 9.97 Å². The minimum absolute atomic E-state index is 0.0497. The molecular weight excluding hydrogens is 267 g/mol. The van der Waals surface area contributed by atoms with Crippen molar-refractivity contribution < 1.29 is 14.0 Å². The Morgan fingerprint density at radius 2 is 1.81 bits per heavy atom. The number of nitrogens with zero attached hydrogens (tertiary/aromatic N) is 2. The van der Waals surface area contributed by atoms with E-state index in [1.165, 1.54) is 6.42 Å². The fourth-order valence-corrected chi connectivity index (χ4v) is 2.60. The van der Waals surface area contributed by atoms with Crippen molar-refractivity contribution >= 4 is 12.7 Å². The fourth-order valence-electron chi connectivity index (χ4n) is 2.60. The summed E-state index contributed by atoms with van der Waals surface area (Å²) >= 11 is 0. The standard InChI is InChI=1S/C15H23BN2O3/c1-14(2)15(3,4)21-16(20-14)13-10-17-9-11(18-13)12-7-5-6-8-19-12/h9-10,12H,5-8H2,1-4H3. The van der Waals surface area contributed by atoms with Crippen molar-refractivity contribution in [3.05, 3.63) is 18.1 Å². The van der Waals surface area contributed by atoms with E-state index < -0.39 is 7.12 Å². The van der Waals surface area contributed by atoms with Crippen molar-refractivity contribution in [2.45, 2.75) is 64.3 Å². The lowest BCUT2D eigenvalue weighted by Gasteiger charge is -2.32. The Bertz CT molecular complexity index is 499. The van der Waals surface area contributed by atoms with Gasteiger partial charge in [-0.15, -0.1) is 0 Å². The predicted molar refractivity (Wildman–Crippen MR) is 80.3 cm³/mol. The van der Waals surface area contributed by atoms with Gasteiger partial charge in [0.2, 0.25) is 0 Å². The zero-order valence-electron chi connectivity index (χ0n) is 13.3. The molecule has 0 amide bonds. The summed E-state index contributed by atoms with van der Waals surface area (Å²) in [5.74, 6) is 0. The van der Waals surface area contributed by atoms with Crippen LogP contribution in [0.5, 0.6) is 0 Å². The topological polar surface area (TPSA) is 53.5 Å². The summed E-state index contributed by atoms with van der Waals surface area (Å²) in [6.07, 6.45) is 6.85. The molecule has 1 aromatic rings. The van der Waals surface area contributed by atoms with E-state index in [0.29, 0.717) is 0 Å². The highest BCUT2D eigenvalue weighted by molar-refractivity contribution is 6.61. The molecule has 21 heavy (non-hydrogen) atoms. The molecule has 1 aromatic heterocycles. The first-order valence-electron chi connectivity index (χ1n) is 7.68. The first kappa shape index (κ1) is 14.9. The van der Waals surface area contributed by atoms with Crippen LogP contribution in [-0.2, 0) is 14.0 Å². The highest BCUT2D eigenvalue weighted by atomic mass is 16.7. The van der Waals surface area contributed by atoms with Gasteiger partial charge in [0, 0.05) is 12.8 Å². The van der Waals surface area contributed by atoms with Crippen LogP contribution < -0.4 is 5.59 Å². The molecule has 0 aliphatic carbocycles. The zero-order valence-corrected chi connectivity index (χ0v) is 13.3. The van der Waals surface area contributed by atoms with Gasteiger partial charge in [0.1, 0.15) is 6.10 Å². The van der Waals surface area contributed by atoms with Gasteiger partial charge < -0.3 is 14.0 Å². The van der Waals surface area contributed by atoms with Crippen LogP contribution in [0.25, 0.3) is 0 Å². The first-order chi connectivity index (χ1) is 9.89. The Balaban J connectivity index is 1.81. The molecule has 2 aliphatic rings. The Kier molecular flexibility index (Phi) is 3.80. The van der Waals surface area contributed by atoms with Crippen LogP contribution in [0, 0.1) is 0 Å². The van der Waals surface area contributed by atoms with Crippen LogP contribution in [0.15, 0.2) is 12.4 Å². The van der Waals surface area contributed by atoms with E-state index in [-0.39, 0.29) is 17.3 Å². The molecule has 3 heterocycles. The second-order valence-corrected chi connectivity index (χ2v) is 6.81. The largest absolute Gasteiger partial charge is 0.516 e. The van der Waals surface area contributed by atoms with Crippen molar-refractivity contribution in [1.29, 1.82) is 0 Å². The van der Waals surface area contributed by atoms with Crippen LogP contribution in [0.3, 0.4) is 0 Å². The number of rotatable bonds is 2. The van der Waals surface area contributed by atoms with E-state index in [9.17, 15) is 0 Å². The van der Waals surface area contributed by atoms with Crippen molar-refractivity contribution in [3.63, 3.8) is 0 Å². The number of aromatic nitrogens is 2. The van der Waals surface area contributed by atoms with E-state index in [4.69, 9.17) is 14.0 Å². The summed E-state index contributed by atoms with van der Waals surface area (Å²) in [5.41, 5.74) is 0.871. The van der Waals surface area contributed by atoms with Gasteiger partial charge in [0.05, 0.1) is 28.7 Å². The molecule has 114 valence electrons. The molecule has 0 N–H and O–H groups in total. The molecule has 5 nitrogen and oxygen atoms in total.